The zero-order valence-corrected chi connectivity index (χ0v) is 18.9. The number of rotatable bonds is 7. The van der Waals surface area contributed by atoms with E-state index in [1.165, 1.54) is 36.4 Å². The third-order valence-electron chi connectivity index (χ3n) is 3.92. The van der Waals surface area contributed by atoms with Crippen molar-refractivity contribution in [3.63, 3.8) is 0 Å². The van der Waals surface area contributed by atoms with Crippen molar-refractivity contribution in [1.29, 1.82) is 0 Å². The van der Waals surface area contributed by atoms with E-state index in [1.54, 1.807) is 37.4 Å². The number of thiophene rings is 1. The topological polar surface area (TPSA) is 98.8 Å². The van der Waals surface area contributed by atoms with Gasteiger partial charge in [-0.3, -0.25) is 4.79 Å². The van der Waals surface area contributed by atoms with Gasteiger partial charge in [-0.1, -0.05) is 31.5 Å². The lowest BCUT2D eigenvalue weighted by Crippen LogP contribution is -2.17. The molecule has 0 aliphatic heterocycles. The Hall–Kier alpha value is -2.88. The molecule has 3 aromatic rings. The minimum Gasteiger partial charge on any atom is -0.423 e. The zero-order valence-electron chi connectivity index (χ0n) is 16.5. The highest BCUT2D eigenvalue weighted by Crippen LogP contribution is 2.30. The molecule has 0 unspecified atom stereocenters. The molecule has 0 saturated heterocycles. The third kappa shape index (κ3) is 6.06. The smallest absolute Gasteiger partial charge is 0.348 e. The third-order valence-corrected chi connectivity index (χ3v) is 6.74. The summed E-state index contributed by atoms with van der Waals surface area (Å²) in [4.78, 5) is 24.2. The largest absolute Gasteiger partial charge is 0.423 e. The van der Waals surface area contributed by atoms with Crippen LogP contribution in [0.25, 0.3) is 0 Å². The van der Waals surface area contributed by atoms with Crippen molar-refractivity contribution in [3.05, 3.63) is 70.6 Å². The number of anilines is 1. The van der Waals surface area contributed by atoms with Gasteiger partial charge < -0.3 is 14.2 Å². The highest BCUT2D eigenvalue weighted by atomic mass is 35.5. The number of nitrogens with one attached hydrogen (secondary N) is 1. The molecular formula is C21H18ClNO6S2. The van der Waals surface area contributed by atoms with E-state index in [1.807, 2.05) is 0 Å². The summed E-state index contributed by atoms with van der Waals surface area (Å²) in [5.41, 5.74) is 0.781. The number of halogens is 1. The highest BCUT2D eigenvalue weighted by molar-refractivity contribution is 7.89. The first-order valence-corrected chi connectivity index (χ1v) is 11.7. The second-order valence-corrected chi connectivity index (χ2v) is 9.86. The maximum Gasteiger partial charge on any atom is 0.348 e. The first-order chi connectivity index (χ1) is 14.6. The van der Waals surface area contributed by atoms with E-state index in [2.05, 4.69) is 5.32 Å². The van der Waals surface area contributed by atoms with Gasteiger partial charge in [-0.05, 0) is 41.8 Å². The number of esters is 1. The van der Waals surface area contributed by atoms with E-state index in [-0.39, 0.29) is 38.1 Å². The number of hydrogen-bond donors (Lipinski definition) is 1. The molecule has 1 heterocycles. The van der Waals surface area contributed by atoms with E-state index in [4.69, 9.17) is 20.5 Å². The molecule has 0 saturated carbocycles. The van der Waals surface area contributed by atoms with Gasteiger partial charge in [-0.25, -0.2) is 4.79 Å². The lowest BCUT2D eigenvalue weighted by atomic mass is 10.1. The summed E-state index contributed by atoms with van der Waals surface area (Å²) in [6, 6.07) is 13.1. The highest BCUT2D eigenvalue weighted by Gasteiger charge is 2.19. The Morgan fingerprint density at radius 1 is 1.03 bits per heavy atom. The van der Waals surface area contributed by atoms with Crippen molar-refractivity contribution >= 4 is 50.6 Å². The molecule has 0 bridgehead atoms. The normalized spacial score (nSPS) is 11.2. The predicted molar refractivity (Wildman–Crippen MR) is 118 cm³/mol. The second kappa shape index (κ2) is 9.51. The van der Waals surface area contributed by atoms with Crippen LogP contribution < -0.4 is 14.2 Å². The van der Waals surface area contributed by atoms with E-state index in [0.717, 1.165) is 11.3 Å². The SMILES string of the molecule is CC(C)C(=O)Nc1ccc(C(=O)Oc2cc(Cl)cc(OS(=O)(=O)c3cccs3)c2)cc1. The van der Waals surface area contributed by atoms with Crippen LogP contribution in [0.2, 0.25) is 5.02 Å². The molecule has 10 heteroatoms. The summed E-state index contributed by atoms with van der Waals surface area (Å²) in [6.45, 7) is 3.55. The Labute approximate surface area is 188 Å². The lowest BCUT2D eigenvalue weighted by Gasteiger charge is -2.10. The minimum absolute atomic E-state index is 0.0195. The maximum absolute atomic E-state index is 12.4. The summed E-state index contributed by atoms with van der Waals surface area (Å²) >= 11 is 7.04. The van der Waals surface area contributed by atoms with Crippen molar-refractivity contribution < 1.29 is 26.9 Å². The van der Waals surface area contributed by atoms with Gasteiger partial charge in [0.05, 0.1) is 5.56 Å². The quantitative estimate of drug-likeness (QED) is 0.291. The Balaban J connectivity index is 1.72. The van der Waals surface area contributed by atoms with Crippen LogP contribution in [-0.2, 0) is 14.9 Å². The molecule has 1 amide bonds. The van der Waals surface area contributed by atoms with Crippen LogP contribution in [0.4, 0.5) is 5.69 Å². The average Bonchev–Trinajstić information content (AvgIpc) is 3.23. The number of carbonyl (C=O) groups excluding carboxylic acids is 2. The fraction of sp³-hybridized carbons (Fsp3) is 0.143. The lowest BCUT2D eigenvalue weighted by molar-refractivity contribution is -0.118. The Bertz CT molecular complexity index is 1190. The molecule has 1 aromatic heterocycles. The van der Waals surface area contributed by atoms with Gasteiger partial charge in [-0.15, -0.1) is 11.3 Å². The minimum atomic E-state index is -4.02. The molecule has 0 spiro atoms. The summed E-state index contributed by atoms with van der Waals surface area (Å²) in [6.07, 6.45) is 0. The summed E-state index contributed by atoms with van der Waals surface area (Å²) in [7, 11) is -4.02. The molecule has 0 fully saturated rings. The van der Waals surface area contributed by atoms with Gasteiger partial charge in [0.2, 0.25) is 5.91 Å². The Morgan fingerprint density at radius 3 is 2.32 bits per heavy atom. The van der Waals surface area contributed by atoms with Crippen LogP contribution in [0.15, 0.2) is 64.2 Å². The van der Waals surface area contributed by atoms with E-state index in [9.17, 15) is 18.0 Å². The summed E-state index contributed by atoms with van der Waals surface area (Å²) in [5.74, 6) is -1.07. The molecule has 162 valence electrons. The molecule has 0 atom stereocenters. The van der Waals surface area contributed by atoms with Crippen LogP contribution in [0.1, 0.15) is 24.2 Å². The van der Waals surface area contributed by atoms with Gasteiger partial charge in [0.25, 0.3) is 0 Å². The van der Waals surface area contributed by atoms with Crippen molar-refractivity contribution in [1.82, 2.24) is 0 Å². The molecule has 3 rings (SSSR count). The molecule has 7 nitrogen and oxygen atoms in total. The second-order valence-electron chi connectivity index (χ2n) is 6.70. The van der Waals surface area contributed by atoms with Crippen LogP contribution in [0, 0.1) is 5.92 Å². The molecule has 31 heavy (non-hydrogen) atoms. The number of hydrogen-bond acceptors (Lipinski definition) is 7. The Morgan fingerprint density at radius 2 is 1.71 bits per heavy atom. The average molecular weight is 480 g/mol. The number of amides is 1. The number of carbonyl (C=O) groups is 2. The van der Waals surface area contributed by atoms with Gasteiger partial charge in [0, 0.05) is 28.8 Å². The van der Waals surface area contributed by atoms with Crippen LogP contribution >= 0.6 is 22.9 Å². The van der Waals surface area contributed by atoms with Crippen molar-refractivity contribution in [2.24, 2.45) is 5.92 Å². The van der Waals surface area contributed by atoms with Crippen molar-refractivity contribution in [3.8, 4) is 11.5 Å². The van der Waals surface area contributed by atoms with E-state index in [0.29, 0.717) is 5.69 Å². The molecule has 1 N–H and O–H groups in total. The van der Waals surface area contributed by atoms with E-state index < -0.39 is 16.1 Å². The van der Waals surface area contributed by atoms with Crippen LogP contribution in [0.3, 0.4) is 0 Å². The zero-order chi connectivity index (χ0) is 22.6. The molecule has 0 aliphatic carbocycles. The van der Waals surface area contributed by atoms with Gasteiger partial charge in [0.15, 0.2) is 4.21 Å². The first kappa shape index (κ1) is 22.8. The summed E-state index contributed by atoms with van der Waals surface area (Å²) < 4.78 is 35.0. The van der Waals surface area contributed by atoms with Crippen LogP contribution in [0.5, 0.6) is 11.5 Å². The molecular weight excluding hydrogens is 462 g/mol. The van der Waals surface area contributed by atoms with Gasteiger partial charge >= 0.3 is 16.1 Å². The number of benzene rings is 2. The van der Waals surface area contributed by atoms with E-state index >= 15 is 0 Å². The first-order valence-electron chi connectivity index (χ1n) is 9.06. The van der Waals surface area contributed by atoms with Gasteiger partial charge in [0.1, 0.15) is 11.5 Å². The summed E-state index contributed by atoms with van der Waals surface area (Å²) in [5, 5.41) is 4.47. The van der Waals surface area contributed by atoms with Crippen molar-refractivity contribution in [2.75, 3.05) is 5.32 Å². The fourth-order valence-corrected chi connectivity index (χ4v) is 4.44. The standard InChI is InChI=1S/C21H18ClNO6S2/c1-13(2)20(24)23-16-7-5-14(6-8-16)21(25)28-17-10-15(22)11-18(12-17)29-31(26,27)19-4-3-9-30-19/h3-13H,1-2H3,(H,23,24). The fourth-order valence-electron chi connectivity index (χ4n) is 2.36. The van der Waals surface area contributed by atoms with Crippen LogP contribution in [-0.4, -0.2) is 20.3 Å². The number of ether oxygens (including phenoxy) is 1. The van der Waals surface area contributed by atoms with Crippen molar-refractivity contribution in [2.45, 2.75) is 18.1 Å². The molecule has 0 aliphatic rings. The molecule has 0 radical (unpaired) electrons. The molecule has 2 aromatic carbocycles. The van der Waals surface area contributed by atoms with Gasteiger partial charge in [-0.2, -0.15) is 8.42 Å². The maximum atomic E-state index is 12.4. The Kier molecular flexibility index (Phi) is 6.99. The monoisotopic (exact) mass is 479 g/mol. The predicted octanol–water partition coefficient (Wildman–Crippen LogP) is 4.98.